The van der Waals surface area contributed by atoms with Gasteiger partial charge in [0.05, 0.1) is 0 Å². The van der Waals surface area contributed by atoms with Crippen LogP contribution in [0.2, 0.25) is 0 Å². The van der Waals surface area contributed by atoms with E-state index in [1.807, 2.05) is 0 Å². The summed E-state index contributed by atoms with van der Waals surface area (Å²) in [5.74, 6) is 1.06. The van der Waals surface area contributed by atoms with E-state index in [1.165, 1.54) is 28.7 Å². The third kappa shape index (κ3) is 1.62. The number of aryl methyl sites for hydroxylation is 1. The Morgan fingerprint density at radius 1 is 1.39 bits per heavy atom. The molecule has 1 amide bonds. The smallest absolute Gasteiger partial charge is 0.404 e. The minimum absolute atomic E-state index is 0.429. The first kappa shape index (κ1) is 11.3. The van der Waals surface area contributed by atoms with E-state index in [1.54, 1.807) is 0 Å². The second-order valence-corrected chi connectivity index (χ2v) is 5.05. The van der Waals surface area contributed by atoms with Gasteiger partial charge in [-0.1, -0.05) is 31.2 Å². The van der Waals surface area contributed by atoms with Crippen molar-refractivity contribution in [2.24, 2.45) is 0 Å². The van der Waals surface area contributed by atoms with E-state index in [2.05, 4.69) is 36.5 Å². The van der Waals surface area contributed by atoms with Crippen molar-refractivity contribution in [2.45, 2.75) is 38.1 Å². The van der Waals surface area contributed by atoms with E-state index >= 15 is 0 Å². The molecule has 0 aromatic heterocycles. The van der Waals surface area contributed by atoms with E-state index in [-0.39, 0.29) is 0 Å². The van der Waals surface area contributed by atoms with E-state index in [9.17, 15) is 4.79 Å². The molecule has 1 aromatic carbocycles. The lowest BCUT2D eigenvalue weighted by Crippen LogP contribution is -2.22. The number of carboxylic acid groups (broad SMARTS) is 1. The number of hydrogen-bond acceptors (Lipinski definition) is 1. The predicted molar refractivity (Wildman–Crippen MR) is 69.9 cm³/mol. The zero-order valence-corrected chi connectivity index (χ0v) is 10.4. The van der Waals surface area contributed by atoms with Crippen molar-refractivity contribution in [2.75, 3.05) is 0 Å². The van der Waals surface area contributed by atoms with Gasteiger partial charge < -0.3 is 10.4 Å². The van der Waals surface area contributed by atoms with Gasteiger partial charge in [-0.05, 0) is 35.1 Å². The van der Waals surface area contributed by atoms with Crippen molar-refractivity contribution < 1.29 is 9.90 Å². The first-order valence-electron chi connectivity index (χ1n) is 6.50. The summed E-state index contributed by atoms with van der Waals surface area (Å²) in [6.07, 6.45) is 5.73. The summed E-state index contributed by atoms with van der Waals surface area (Å²) in [7, 11) is 0. The molecule has 2 bridgehead atoms. The molecule has 3 rings (SSSR count). The minimum atomic E-state index is -0.951. The van der Waals surface area contributed by atoms with Crippen LogP contribution in [0.3, 0.4) is 0 Å². The standard InChI is InChI=1S/C15H17NO2/c1-2-9-5-6-12-10-3-4-11(7-10)14(12)13(9)8-16-15(17)18/h3-6,10-11,16H,2,7-8H2,1H3,(H,17,18). The zero-order chi connectivity index (χ0) is 12.7. The van der Waals surface area contributed by atoms with E-state index in [0.717, 1.165) is 6.42 Å². The van der Waals surface area contributed by atoms with Gasteiger partial charge in [0.1, 0.15) is 0 Å². The number of benzene rings is 1. The number of rotatable bonds is 3. The second kappa shape index (κ2) is 4.16. The molecular formula is C15H17NO2. The summed E-state index contributed by atoms with van der Waals surface area (Å²) in [6.45, 7) is 2.55. The lowest BCUT2D eigenvalue weighted by Gasteiger charge is -2.19. The molecule has 2 unspecified atom stereocenters. The van der Waals surface area contributed by atoms with Crippen molar-refractivity contribution in [3.63, 3.8) is 0 Å². The maximum atomic E-state index is 10.7. The molecule has 0 fully saturated rings. The Morgan fingerprint density at radius 3 is 2.89 bits per heavy atom. The van der Waals surface area contributed by atoms with Gasteiger partial charge in [-0.15, -0.1) is 0 Å². The van der Waals surface area contributed by atoms with Crippen LogP contribution in [0.4, 0.5) is 4.79 Å². The Morgan fingerprint density at radius 2 is 2.17 bits per heavy atom. The van der Waals surface area contributed by atoms with Crippen LogP contribution in [-0.2, 0) is 13.0 Å². The van der Waals surface area contributed by atoms with Crippen molar-refractivity contribution >= 4 is 6.09 Å². The van der Waals surface area contributed by atoms with Crippen LogP contribution < -0.4 is 5.32 Å². The fourth-order valence-electron chi connectivity index (χ4n) is 3.34. The monoisotopic (exact) mass is 243 g/mol. The Hall–Kier alpha value is -1.77. The van der Waals surface area contributed by atoms with Crippen LogP contribution in [0.15, 0.2) is 24.3 Å². The summed E-state index contributed by atoms with van der Waals surface area (Å²) >= 11 is 0. The quantitative estimate of drug-likeness (QED) is 0.801. The predicted octanol–water partition coefficient (Wildman–Crippen LogP) is 3.16. The number of nitrogens with one attached hydrogen (secondary N) is 1. The van der Waals surface area contributed by atoms with Crippen LogP contribution in [0.1, 0.15) is 47.4 Å². The number of fused-ring (bicyclic) bond motifs is 5. The number of amides is 1. The van der Waals surface area contributed by atoms with Crippen LogP contribution in [-0.4, -0.2) is 11.2 Å². The average Bonchev–Trinajstić information content (AvgIpc) is 2.96. The van der Waals surface area contributed by atoms with E-state index < -0.39 is 6.09 Å². The molecule has 94 valence electrons. The maximum absolute atomic E-state index is 10.7. The molecule has 3 nitrogen and oxygen atoms in total. The van der Waals surface area contributed by atoms with Gasteiger partial charge in [-0.25, -0.2) is 4.79 Å². The SMILES string of the molecule is CCc1ccc2c(c1CNC(=O)O)C1C=CC2C1. The van der Waals surface area contributed by atoms with Gasteiger partial charge in [0.25, 0.3) is 0 Å². The molecular weight excluding hydrogens is 226 g/mol. The lowest BCUT2D eigenvalue weighted by atomic mass is 9.88. The Kier molecular flexibility index (Phi) is 2.62. The van der Waals surface area contributed by atoms with Gasteiger partial charge >= 0.3 is 6.09 Å². The van der Waals surface area contributed by atoms with E-state index in [4.69, 9.17) is 5.11 Å². The Labute approximate surface area is 107 Å². The first-order valence-corrected chi connectivity index (χ1v) is 6.50. The summed E-state index contributed by atoms with van der Waals surface area (Å²) in [5.41, 5.74) is 5.26. The highest BCUT2D eigenvalue weighted by Crippen LogP contribution is 2.50. The van der Waals surface area contributed by atoms with Crippen LogP contribution in [0.5, 0.6) is 0 Å². The molecule has 1 aromatic rings. The Balaban J connectivity index is 2.03. The maximum Gasteiger partial charge on any atom is 0.404 e. The van der Waals surface area contributed by atoms with E-state index in [0.29, 0.717) is 18.4 Å². The van der Waals surface area contributed by atoms with Crippen molar-refractivity contribution in [3.05, 3.63) is 46.5 Å². The fraction of sp³-hybridized carbons (Fsp3) is 0.400. The molecule has 3 heteroatoms. The number of carbonyl (C=O) groups is 1. The van der Waals surface area contributed by atoms with Crippen LogP contribution in [0, 0.1) is 0 Å². The molecule has 2 atom stereocenters. The molecule has 0 aliphatic heterocycles. The molecule has 0 saturated carbocycles. The van der Waals surface area contributed by atoms with Crippen LogP contribution >= 0.6 is 0 Å². The van der Waals surface area contributed by atoms with Gasteiger partial charge in [0.2, 0.25) is 0 Å². The summed E-state index contributed by atoms with van der Waals surface area (Å²) in [4.78, 5) is 10.7. The van der Waals surface area contributed by atoms with Gasteiger partial charge in [0.15, 0.2) is 0 Å². The van der Waals surface area contributed by atoms with Crippen LogP contribution in [0.25, 0.3) is 0 Å². The summed E-state index contributed by atoms with van der Waals surface area (Å²) in [6, 6.07) is 4.39. The Bertz CT molecular complexity index is 534. The highest BCUT2D eigenvalue weighted by Gasteiger charge is 2.34. The second-order valence-electron chi connectivity index (χ2n) is 5.05. The summed E-state index contributed by atoms with van der Waals surface area (Å²) < 4.78 is 0. The van der Waals surface area contributed by atoms with Crippen molar-refractivity contribution in [1.29, 1.82) is 0 Å². The normalized spacial score (nSPS) is 23.2. The molecule has 18 heavy (non-hydrogen) atoms. The largest absolute Gasteiger partial charge is 0.465 e. The zero-order valence-electron chi connectivity index (χ0n) is 10.4. The van der Waals surface area contributed by atoms with Gasteiger partial charge in [-0.2, -0.15) is 0 Å². The molecule has 2 aliphatic rings. The topological polar surface area (TPSA) is 49.3 Å². The third-order valence-electron chi connectivity index (χ3n) is 4.14. The van der Waals surface area contributed by atoms with Gasteiger partial charge in [0, 0.05) is 18.4 Å². The number of hydrogen-bond donors (Lipinski definition) is 2. The van der Waals surface area contributed by atoms with Crippen molar-refractivity contribution in [1.82, 2.24) is 5.32 Å². The minimum Gasteiger partial charge on any atom is -0.465 e. The first-order chi connectivity index (χ1) is 8.70. The molecule has 2 N–H and O–H groups in total. The molecule has 0 heterocycles. The third-order valence-corrected chi connectivity index (χ3v) is 4.14. The van der Waals surface area contributed by atoms with Gasteiger partial charge in [-0.3, -0.25) is 0 Å². The van der Waals surface area contributed by atoms with Crippen molar-refractivity contribution in [3.8, 4) is 0 Å². The lowest BCUT2D eigenvalue weighted by molar-refractivity contribution is 0.194. The fourth-order valence-corrected chi connectivity index (χ4v) is 3.34. The highest BCUT2D eigenvalue weighted by atomic mass is 16.4. The average molecular weight is 243 g/mol. The number of allylic oxidation sites excluding steroid dienone is 2. The molecule has 0 spiro atoms. The summed E-state index contributed by atoms with van der Waals surface area (Å²) in [5, 5.41) is 11.3. The molecule has 0 radical (unpaired) electrons. The highest BCUT2D eigenvalue weighted by molar-refractivity contribution is 5.65. The molecule has 2 aliphatic carbocycles. The molecule has 0 saturated heterocycles.